The molecule has 33 heavy (non-hydrogen) atoms. The molecule has 0 aliphatic carbocycles. The van der Waals surface area contributed by atoms with E-state index in [0.29, 0.717) is 5.65 Å². The molecule has 0 aliphatic heterocycles. The van der Waals surface area contributed by atoms with Gasteiger partial charge in [-0.05, 0) is 34.2 Å². The summed E-state index contributed by atoms with van der Waals surface area (Å²) < 4.78 is 1.78. The van der Waals surface area contributed by atoms with Crippen molar-refractivity contribution in [3.63, 3.8) is 0 Å². The summed E-state index contributed by atoms with van der Waals surface area (Å²) in [6.07, 6.45) is 0. The van der Waals surface area contributed by atoms with Crippen LogP contribution in [0.1, 0.15) is 0 Å². The fraction of sp³-hybridized carbons (Fsp3) is 0. The van der Waals surface area contributed by atoms with Gasteiger partial charge in [-0.1, -0.05) is 97.1 Å². The number of aromatic nitrogens is 2. The van der Waals surface area contributed by atoms with Gasteiger partial charge in [-0.2, -0.15) is 0 Å². The van der Waals surface area contributed by atoms with Gasteiger partial charge in [0.15, 0.2) is 0 Å². The SMILES string of the molecule is O=c1c2ccc(-c3ccccc3)c3cccc(c32)c2nc3c(-c4ccccc4)cccc3n12. The number of hydrogen-bond donors (Lipinski definition) is 0. The number of hydrogen-bond acceptors (Lipinski definition) is 2. The molecule has 0 unspecified atom stereocenters. The highest BCUT2D eigenvalue weighted by molar-refractivity contribution is 6.19. The van der Waals surface area contributed by atoms with Crippen LogP contribution in [0.25, 0.3) is 60.5 Å². The normalized spacial score (nSPS) is 11.8. The van der Waals surface area contributed by atoms with Crippen LogP contribution in [0.15, 0.2) is 114 Å². The average molecular weight is 422 g/mol. The van der Waals surface area contributed by atoms with E-state index in [0.717, 1.165) is 54.8 Å². The molecule has 7 rings (SSSR count). The first-order chi connectivity index (χ1) is 16.3. The smallest absolute Gasteiger partial charge is 0.264 e. The van der Waals surface area contributed by atoms with Crippen LogP contribution in [-0.2, 0) is 0 Å². The molecule has 0 atom stereocenters. The average Bonchev–Trinajstić information content (AvgIpc) is 3.28. The highest BCUT2D eigenvalue weighted by Gasteiger charge is 2.19. The fourth-order valence-electron chi connectivity index (χ4n) is 5.10. The maximum absolute atomic E-state index is 13.8. The Morgan fingerprint density at radius 2 is 1.21 bits per heavy atom. The molecule has 0 saturated heterocycles. The second-order valence-corrected chi connectivity index (χ2v) is 8.37. The Morgan fingerprint density at radius 3 is 1.97 bits per heavy atom. The summed E-state index contributed by atoms with van der Waals surface area (Å²) in [4.78, 5) is 18.8. The molecule has 0 spiro atoms. The summed E-state index contributed by atoms with van der Waals surface area (Å²) in [5, 5.41) is 3.77. The first-order valence-corrected chi connectivity index (χ1v) is 11.0. The minimum Gasteiger partial charge on any atom is -0.268 e. The molecular formula is C30H18N2O. The lowest BCUT2D eigenvalue weighted by atomic mass is 9.94. The van der Waals surface area contributed by atoms with Gasteiger partial charge >= 0.3 is 0 Å². The van der Waals surface area contributed by atoms with Gasteiger partial charge in [-0.3, -0.25) is 9.20 Å². The van der Waals surface area contributed by atoms with Crippen molar-refractivity contribution in [3.8, 4) is 22.3 Å². The number of fused-ring (bicyclic) bond motifs is 4. The van der Waals surface area contributed by atoms with Crippen LogP contribution in [0, 0.1) is 0 Å². The largest absolute Gasteiger partial charge is 0.268 e. The topological polar surface area (TPSA) is 34.4 Å². The fourth-order valence-corrected chi connectivity index (χ4v) is 5.10. The molecule has 0 bridgehead atoms. The number of pyridine rings is 1. The van der Waals surface area contributed by atoms with Crippen molar-refractivity contribution < 1.29 is 0 Å². The second kappa shape index (κ2) is 6.75. The number of nitrogens with zero attached hydrogens (tertiary/aromatic N) is 2. The van der Waals surface area contributed by atoms with Crippen LogP contribution >= 0.6 is 0 Å². The Bertz CT molecular complexity index is 1870. The molecule has 0 amide bonds. The van der Waals surface area contributed by atoms with E-state index in [4.69, 9.17) is 4.98 Å². The second-order valence-electron chi connectivity index (χ2n) is 8.37. The van der Waals surface area contributed by atoms with Crippen LogP contribution in [0.5, 0.6) is 0 Å². The van der Waals surface area contributed by atoms with E-state index < -0.39 is 0 Å². The Balaban J connectivity index is 1.66. The molecule has 2 heterocycles. The Labute approximate surface area is 189 Å². The molecule has 154 valence electrons. The van der Waals surface area contributed by atoms with Gasteiger partial charge in [-0.25, -0.2) is 4.98 Å². The van der Waals surface area contributed by atoms with Crippen molar-refractivity contribution in [2.45, 2.75) is 0 Å². The van der Waals surface area contributed by atoms with E-state index in [2.05, 4.69) is 54.6 Å². The maximum Gasteiger partial charge on any atom is 0.264 e. The predicted molar refractivity (Wildman–Crippen MR) is 136 cm³/mol. The molecule has 2 aromatic heterocycles. The van der Waals surface area contributed by atoms with E-state index in [1.165, 1.54) is 0 Å². The van der Waals surface area contributed by atoms with Crippen molar-refractivity contribution in [3.05, 3.63) is 120 Å². The van der Waals surface area contributed by atoms with Crippen LogP contribution in [0.2, 0.25) is 0 Å². The number of benzene rings is 5. The highest BCUT2D eigenvalue weighted by Crippen LogP contribution is 2.36. The van der Waals surface area contributed by atoms with Gasteiger partial charge in [0.2, 0.25) is 0 Å². The Kier molecular flexibility index (Phi) is 3.70. The minimum atomic E-state index is -0.0268. The van der Waals surface area contributed by atoms with Crippen LogP contribution in [0.3, 0.4) is 0 Å². The third-order valence-corrected chi connectivity index (χ3v) is 6.57. The molecule has 5 aromatic carbocycles. The predicted octanol–water partition coefficient (Wildman–Crippen LogP) is 6.93. The quantitative estimate of drug-likeness (QED) is 0.303. The summed E-state index contributed by atoms with van der Waals surface area (Å²) in [5.74, 6) is 0. The minimum absolute atomic E-state index is 0.0268. The number of imidazole rings is 1. The van der Waals surface area contributed by atoms with Gasteiger partial charge < -0.3 is 0 Å². The van der Waals surface area contributed by atoms with Crippen molar-refractivity contribution >= 4 is 38.2 Å². The molecule has 0 N–H and O–H groups in total. The summed E-state index contributed by atoms with van der Waals surface area (Å²) >= 11 is 0. The lowest BCUT2D eigenvalue weighted by Crippen LogP contribution is -2.13. The summed E-state index contributed by atoms with van der Waals surface area (Å²) in [5.41, 5.74) is 6.75. The van der Waals surface area contributed by atoms with Crippen molar-refractivity contribution in [1.82, 2.24) is 9.38 Å². The molecule has 0 radical (unpaired) electrons. The van der Waals surface area contributed by atoms with Crippen molar-refractivity contribution in [2.24, 2.45) is 0 Å². The van der Waals surface area contributed by atoms with Gasteiger partial charge in [0.1, 0.15) is 5.65 Å². The van der Waals surface area contributed by atoms with E-state index in [-0.39, 0.29) is 5.56 Å². The third kappa shape index (κ3) is 2.50. The van der Waals surface area contributed by atoms with Crippen molar-refractivity contribution in [2.75, 3.05) is 0 Å². The Morgan fingerprint density at radius 1 is 0.545 bits per heavy atom. The lowest BCUT2D eigenvalue weighted by Gasteiger charge is -2.11. The van der Waals surface area contributed by atoms with Crippen molar-refractivity contribution in [1.29, 1.82) is 0 Å². The van der Waals surface area contributed by atoms with E-state index >= 15 is 0 Å². The highest BCUT2D eigenvalue weighted by atomic mass is 16.1. The molecule has 0 aliphatic rings. The first kappa shape index (κ1) is 18.1. The van der Waals surface area contributed by atoms with Crippen LogP contribution < -0.4 is 5.56 Å². The zero-order chi connectivity index (χ0) is 21.9. The molecule has 3 heteroatoms. The number of rotatable bonds is 2. The third-order valence-electron chi connectivity index (χ3n) is 6.57. The Hall–Kier alpha value is -4.50. The molecule has 7 aromatic rings. The maximum atomic E-state index is 13.8. The van der Waals surface area contributed by atoms with Gasteiger partial charge in [0, 0.05) is 21.7 Å². The zero-order valence-corrected chi connectivity index (χ0v) is 17.7. The standard InChI is InChI=1S/C30H18N2O/c33-30-25-18-17-21(19-9-3-1-4-10-19)23-14-7-15-24(27(23)25)29-31-28-22(20-11-5-2-6-12-20)13-8-16-26(28)32(29)30/h1-18H. The molecule has 0 fully saturated rings. The van der Waals surface area contributed by atoms with Gasteiger partial charge in [0.05, 0.1) is 11.0 Å². The van der Waals surface area contributed by atoms with Crippen LogP contribution in [-0.4, -0.2) is 9.38 Å². The molecule has 3 nitrogen and oxygen atoms in total. The molecular weight excluding hydrogens is 404 g/mol. The van der Waals surface area contributed by atoms with E-state index in [9.17, 15) is 4.79 Å². The monoisotopic (exact) mass is 422 g/mol. The summed E-state index contributed by atoms with van der Waals surface area (Å²) in [6, 6.07) is 36.9. The zero-order valence-electron chi connectivity index (χ0n) is 17.7. The van der Waals surface area contributed by atoms with E-state index in [1.54, 1.807) is 4.40 Å². The van der Waals surface area contributed by atoms with Crippen LogP contribution in [0.4, 0.5) is 0 Å². The van der Waals surface area contributed by atoms with Gasteiger partial charge in [-0.15, -0.1) is 0 Å². The first-order valence-electron chi connectivity index (χ1n) is 11.0. The summed E-state index contributed by atoms with van der Waals surface area (Å²) in [6.45, 7) is 0. The molecule has 0 saturated carbocycles. The summed E-state index contributed by atoms with van der Waals surface area (Å²) in [7, 11) is 0. The van der Waals surface area contributed by atoms with E-state index in [1.807, 2.05) is 54.6 Å². The van der Waals surface area contributed by atoms with Gasteiger partial charge in [0.25, 0.3) is 5.56 Å². The lowest BCUT2D eigenvalue weighted by molar-refractivity contribution is 1.19. The number of para-hydroxylation sites is 1.